The fourth-order valence-corrected chi connectivity index (χ4v) is 4.43. The lowest BCUT2D eigenvalue weighted by Gasteiger charge is -2.17. The Morgan fingerprint density at radius 3 is 2.48 bits per heavy atom. The van der Waals surface area contributed by atoms with Crippen LogP contribution in [0.2, 0.25) is 5.02 Å². The zero-order valence-corrected chi connectivity index (χ0v) is 20.6. The number of methoxy groups -OCH3 is 1. The molecule has 172 valence electrons. The second kappa shape index (κ2) is 11.3. The number of nitrogens with one attached hydrogen (secondary N) is 2. The Bertz CT molecular complexity index is 1170. The van der Waals surface area contributed by atoms with E-state index in [1.807, 2.05) is 63.2 Å². The van der Waals surface area contributed by atoms with E-state index in [0.717, 1.165) is 16.0 Å². The Morgan fingerprint density at radius 1 is 1.03 bits per heavy atom. The van der Waals surface area contributed by atoms with E-state index in [9.17, 15) is 9.59 Å². The molecule has 2 N–H and O–H groups in total. The minimum Gasteiger partial charge on any atom is -0.495 e. The number of carbonyl (C=O) groups excluding carboxylic acids is 2. The number of hydrogen-bond donors (Lipinski definition) is 2. The summed E-state index contributed by atoms with van der Waals surface area (Å²) in [5.41, 5.74) is 3.74. The number of ether oxygens (including phenoxy) is 1. The van der Waals surface area contributed by atoms with Gasteiger partial charge in [-0.1, -0.05) is 42.3 Å². The number of amides is 2. The van der Waals surface area contributed by atoms with E-state index in [4.69, 9.17) is 16.3 Å². The number of anilines is 2. The maximum Gasteiger partial charge on any atom is 0.255 e. The molecular weight excluding hydrogens is 456 g/mol. The third-order valence-corrected chi connectivity index (χ3v) is 6.82. The van der Waals surface area contributed by atoms with Crippen LogP contribution in [0.25, 0.3) is 0 Å². The second-order valence-electron chi connectivity index (χ2n) is 7.66. The summed E-state index contributed by atoms with van der Waals surface area (Å²) in [5, 5.41) is 6.15. The highest BCUT2D eigenvalue weighted by Gasteiger charge is 2.20. The molecule has 0 aliphatic heterocycles. The summed E-state index contributed by atoms with van der Waals surface area (Å²) in [6, 6.07) is 18.4. The SMILES string of the molecule is CCC(Sc1cccc(NC(=O)c2cccc(C)c2)c1)C(=O)Nc1cc(C)c(Cl)cc1OC. The number of halogens is 1. The van der Waals surface area contributed by atoms with E-state index in [0.29, 0.717) is 34.1 Å². The predicted molar refractivity (Wildman–Crippen MR) is 137 cm³/mol. The highest BCUT2D eigenvalue weighted by molar-refractivity contribution is 8.00. The molecule has 0 heterocycles. The number of rotatable bonds is 8. The first-order chi connectivity index (χ1) is 15.8. The molecule has 0 spiro atoms. The summed E-state index contributed by atoms with van der Waals surface area (Å²) < 4.78 is 5.36. The topological polar surface area (TPSA) is 67.4 Å². The Balaban J connectivity index is 1.71. The zero-order valence-electron chi connectivity index (χ0n) is 19.1. The second-order valence-corrected chi connectivity index (χ2v) is 9.34. The smallest absolute Gasteiger partial charge is 0.255 e. The highest BCUT2D eigenvalue weighted by Crippen LogP contribution is 2.33. The van der Waals surface area contributed by atoms with Crippen molar-refractivity contribution in [2.24, 2.45) is 0 Å². The van der Waals surface area contributed by atoms with Crippen LogP contribution >= 0.6 is 23.4 Å². The molecule has 1 unspecified atom stereocenters. The molecule has 5 nitrogen and oxygen atoms in total. The van der Waals surface area contributed by atoms with Crippen LogP contribution in [0.15, 0.2) is 65.6 Å². The van der Waals surface area contributed by atoms with Gasteiger partial charge in [0.2, 0.25) is 5.91 Å². The third kappa shape index (κ3) is 6.53. The summed E-state index contributed by atoms with van der Waals surface area (Å²) in [4.78, 5) is 26.5. The van der Waals surface area contributed by atoms with Gasteiger partial charge in [0.15, 0.2) is 0 Å². The Labute approximate surface area is 203 Å². The number of aryl methyl sites for hydroxylation is 2. The summed E-state index contributed by atoms with van der Waals surface area (Å²) in [7, 11) is 1.54. The van der Waals surface area contributed by atoms with Crippen molar-refractivity contribution in [1.82, 2.24) is 0 Å². The summed E-state index contributed by atoms with van der Waals surface area (Å²) in [5.74, 6) is 0.215. The van der Waals surface area contributed by atoms with Crippen LogP contribution in [0.3, 0.4) is 0 Å². The van der Waals surface area contributed by atoms with Crippen molar-refractivity contribution in [2.75, 3.05) is 17.7 Å². The van der Waals surface area contributed by atoms with Crippen LogP contribution in [0.1, 0.15) is 34.8 Å². The fourth-order valence-electron chi connectivity index (χ4n) is 3.27. The predicted octanol–water partition coefficient (Wildman–Crippen LogP) is 6.73. The highest BCUT2D eigenvalue weighted by atomic mass is 35.5. The maximum absolute atomic E-state index is 13.0. The lowest BCUT2D eigenvalue weighted by Crippen LogP contribution is -2.24. The van der Waals surface area contributed by atoms with Gasteiger partial charge >= 0.3 is 0 Å². The van der Waals surface area contributed by atoms with E-state index in [1.165, 1.54) is 11.8 Å². The molecule has 0 aliphatic rings. The molecule has 0 saturated carbocycles. The van der Waals surface area contributed by atoms with Gasteiger partial charge in [-0.2, -0.15) is 0 Å². The van der Waals surface area contributed by atoms with Crippen LogP contribution < -0.4 is 15.4 Å². The molecule has 2 amide bonds. The van der Waals surface area contributed by atoms with Crippen LogP contribution in [0.4, 0.5) is 11.4 Å². The standard InChI is InChI=1S/C26H27ClN2O3S/c1-5-24(26(31)29-22-13-17(3)21(27)15-23(22)32-4)33-20-11-7-10-19(14-20)28-25(30)18-9-6-8-16(2)12-18/h6-15,24H,5H2,1-4H3,(H,28,30)(H,29,31). The van der Waals surface area contributed by atoms with Gasteiger partial charge in [0.25, 0.3) is 5.91 Å². The average Bonchev–Trinajstić information content (AvgIpc) is 2.79. The Morgan fingerprint density at radius 2 is 1.79 bits per heavy atom. The van der Waals surface area contributed by atoms with E-state index in [1.54, 1.807) is 25.3 Å². The van der Waals surface area contributed by atoms with Gasteiger partial charge < -0.3 is 15.4 Å². The van der Waals surface area contributed by atoms with Crippen molar-refractivity contribution < 1.29 is 14.3 Å². The molecule has 1 atom stereocenters. The molecule has 3 aromatic carbocycles. The van der Waals surface area contributed by atoms with E-state index in [2.05, 4.69) is 10.6 Å². The zero-order chi connectivity index (χ0) is 24.0. The lowest BCUT2D eigenvalue weighted by atomic mass is 10.1. The van der Waals surface area contributed by atoms with Gasteiger partial charge in [-0.3, -0.25) is 9.59 Å². The molecule has 0 fully saturated rings. The van der Waals surface area contributed by atoms with Gasteiger partial charge in [-0.05, 0) is 62.2 Å². The molecule has 0 bridgehead atoms. The summed E-state index contributed by atoms with van der Waals surface area (Å²) in [6.07, 6.45) is 0.630. The van der Waals surface area contributed by atoms with Gasteiger partial charge in [-0.15, -0.1) is 11.8 Å². The van der Waals surface area contributed by atoms with Crippen molar-refractivity contribution in [3.8, 4) is 5.75 Å². The first-order valence-corrected chi connectivity index (χ1v) is 11.9. The quantitative estimate of drug-likeness (QED) is 0.349. The fraction of sp³-hybridized carbons (Fsp3) is 0.231. The first-order valence-electron chi connectivity index (χ1n) is 10.6. The maximum atomic E-state index is 13.0. The molecule has 3 rings (SSSR count). The summed E-state index contributed by atoms with van der Waals surface area (Å²) >= 11 is 7.62. The van der Waals surface area contributed by atoms with Gasteiger partial charge in [-0.25, -0.2) is 0 Å². The van der Waals surface area contributed by atoms with E-state index in [-0.39, 0.29) is 17.1 Å². The Hall–Kier alpha value is -2.96. The van der Waals surface area contributed by atoms with E-state index < -0.39 is 0 Å². The van der Waals surface area contributed by atoms with Crippen LogP contribution in [-0.2, 0) is 4.79 Å². The third-order valence-electron chi connectivity index (χ3n) is 5.05. The van der Waals surface area contributed by atoms with Crippen LogP contribution in [-0.4, -0.2) is 24.2 Å². The van der Waals surface area contributed by atoms with Crippen molar-refractivity contribution in [3.63, 3.8) is 0 Å². The number of carbonyl (C=O) groups is 2. The molecule has 0 saturated heterocycles. The van der Waals surface area contributed by atoms with E-state index >= 15 is 0 Å². The van der Waals surface area contributed by atoms with Crippen molar-refractivity contribution >= 4 is 46.6 Å². The molecular formula is C26H27ClN2O3S. The number of benzene rings is 3. The van der Waals surface area contributed by atoms with Gasteiger partial charge in [0, 0.05) is 27.2 Å². The van der Waals surface area contributed by atoms with Crippen LogP contribution in [0, 0.1) is 13.8 Å². The normalized spacial score (nSPS) is 11.5. The van der Waals surface area contributed by atoms with Crippen LogP contribution in [0.5, 0.6) is 5.75 Å². The molecule has 33 heavy (non-hydrogen) atoms. The average molecular weight is 483 g/mol. The van der Waals surface area contributed by atoms with Crippen molar-refractivity contribution in [3.05, 3.63) is 82.4 Å². The van der Waals surface area contributed by atoms with Crippen molar-refractivity contribution in [2.45, 2.75) is 37.3 Å². The Kier molecular flexibility index (Phi) is 8.42. The lowest BCUT2D eigenvalue weighted by molar-refractivity contribution is -0.115. The molecule has 0 aromatic heterocycles. The minimum atomic E-state index is -0.326. The van der Waals surface area contributed by atoms with Gasteiger partial charge in [0.1, 0.15) is 5.75 Å². The molecule has 7 heteroatoms. The minimum absolute atomic E-state index is 0.128. The van der Waals surface area contributed by atoms with Crippen molar-refractivity contribution in [1.29, 1.82) is 0 Å². The monoisotopic (exact) mass is 482 g/mol. The number of thioether (sulfide) groups is 1. The molecule has 3 aromatic rings. The molecule has 0 radical (unpaired) electrons. The molecule has 0 aliphatic carbocycles. The summed E-state index contributed by atoms with van der Waals surface area (Å²) in [6.45, 7) is 5.79. The van der Waals surface area contributed by atoms with Gasteiger partial charge in [0.05, 0.1) is 18.0 Å². The number of hydrogen-bond acceptors (Lipinski definition) is 4. The first kappa shape index (κ1) is 24.7. The largest absolute Gasteiger partial charge is 0.495 e.